The van der Waals surface area contributed by atoms with Gasteiger partial charge >= 0.3 is 6.18 Å². The van der Waals surface area contributed by atoms with Gasteiger partial charge in [0.05, 0.1) is 11.3 Å². The Bertz CT molecular complexity index is 1290. The molecule has 196 valence electrons. The molecule has 0 saturated carbocycles. The Labute approximate surface area is 209 Å². The molecule has 1 fully saturated rings. The number of amidine groups is 1. The average Bonchev–Trinajstić information content (AvgIpc) is 2.87. The summed E-state index contributed by atoms with van der Waals surface area (Å²) in [7, 11) is 0. The van der Waals surface area contributed by atoms with Gasteiger partial charge in [0.15, 0.2) is 5.82 Å². The monoisotopic (exact) mass is 520 g/mol. The number of rotatable bonds is 7. The van der Waals surface area contributed by atoms with E-state index in [0.29, 0.717) is 45.2 Å². The molecule has 0 bridgehead atoms. The molecule has 1 aliphatic heterocycles. The molecular weight excluding hydrogens is 495 g/mol. The second-order valence-corrected chi connectivity index (χ2v) is 8.27. The van der Waals surface area contributed by atoms with Gasteiger partial charge in [0.2, 0.25) is 5.95 Å². The highest BCUT2D eigenvalue weighted by Crippen LogP contribution is 2.36. The molecule has 1 aliphatic rings. The van der Waals surface area contributed by atoms with E-state index in [9.17, 15) is 22.0 Å². The zero-order chi connectivity index (χ0) is 26.6. The van der Waals surface area contributed by atoms with Gasteiger partial charge in [-0.15, -0.1) is 0 Å². The molecule has 0 radical (unpaired) electrons. The van der Waals surface area contributed by atoms with Crippen molar-refractivity contribution in [2.45, 2.75) is 19.5 Å². The molecule has 0 aliphatic carbocycles. The van der Waals surface area contributed by atoms with Crippen LogP contribution in [0.15, 0.2) is 41.4 Å². The number of benzene rings is 2. The summed E-state index contributed by atoms with van der Waals surface area (Å²) in [4.78, 5) is 18.7. The van der Waals surface area contributed by atoms with Gasteiger partial charge in [0.1, 0.15) is 17.5 Å². The number of nitrogens with zero attached hydrogens (tertiary/aromatic N) is 5. The van der Waals surface area contributed by atoms with Gasteiger partial charge in [-0.1, -0.05) is 25.1 Å². The molecule has 0 spiro atoms. The summed E-state index contributed by atoms with van der Waals surface area (Å²) in [5, 5.41) is 6.03. The molecular formula is C24H25F5N8. The van der Waals surface area contributed by atoms with Crippen molar-refractivity contribution in [3.05, 3.63) is 59.2 Å². The Hall–Kier alpha value is -3.87. The van der Waals surface area contributed by atoms with Crippen molar-refractivity contribution in [2.24, 2.45) is 10.7 Å². The predicted octanol–water partition coefficient (Wildman–Crippen LogP) is 4.10. The number of hydrogen-bond donors (Lipinski definition) is 3. The van der Waals surface area contributed by atoms with E-state index in [1.54, 1.807) is 4.90 Å². The predicted molar refractivity (Wildman–Crippen MR) is 131 cm³/mol. The summed E-state index contributed by atoms with van der Waals surface area (Å²) < 4.78 is 69.7. The molecule has 0 amide bonds. The van der Waals surface area contributed by atoms with Crippen molar-refractivity contribution in [3.8, 4) is 11.4 Å². The molecule has 4 N–H and O–H groups in total. The molecule has 3 aromatic rings. The summed E-state index contributed by atoms with van der Waals surface area (Å²) >= 11 is 0. The van der Waals surface area contributed by atoms with Crippen LogP contribution in [-0.2, 0) is 6.18 Å². The second kappa shape index (κ2) is 11.0. The molecule has 1 saturated heterocycles. The zero-order valence-corrected chi connectivity index (χ0v) is 19.9. The van der Waals surface area contributed by atoms with Crippen LogP contribution in [0.5, 0.6) is 0 Å². The average molecular weight is 521 g/mol. The van der Waals surface area contributed by atoms with Gasteiger partial charge in [0.25, 0.3) is 5.95 Å². The van der Waals surface area contributed by atoms with E-state index in [0.717, 1.165) is 12.1 Å². The maximum Gasteiger partial charge on any atom is 0.417 e. The first-order valence-electron chi connectivity index (χ1n) is 11.6. The zero-order valence-electron chi connectivity index (χ0n) is 19.9. The van der Waals surface area contributed by atoms with Crippen molar-refractivity contribution in [1.82, 2.24) is 20.3 Å². The van der Waals surface area contributed by atoms with Crippen molar-refractivity contribution in [1.29, 1.82) is 0 Å². The van der Waals surface area contributed by atoms with Gasteiger partial charge in [-0.05, 0) is 18.6 Å². The number of nitrogens with one attached hydrogen (secondary N) is 2. The number of anilines is 2. The molecule has 2 aromatic carbocycles. The number of aliphatic imine (C=N–C) groups is 1. The van der Waals surface area contributed by atoms with E-state index in [4.69, 9.17) is 5.73 Å². The van der Waals surface area contributed by atoms with E-state index in [1.807, 2.05) is 6.92 Å². The van der Waals surface area contributed by atoms with Crippen LogP contribution >= 0.6 is 0 Å². The maximum atomic E-state index is 14.5. The minimum absolute atomic E-state index is 0.0523. The quantitative estimate of drug-likeness (QED) is 0.245. The van der Waals surface area contributed by atoms with E-state index < -0.39 is 23.4 Å². The molecule has 4 rings (SSSR count). The highest BCUT2D eigenvalue weighted by Gasteiger charge is 2.34. The lowest BCUT2D eigenvalue weighted by Gasteiger charge is -2.27. The summed E-state index contributed by atoms with van der Waals surface area (Å²) in [6.45, 7) is 4.51. The lowest BCUT2D eigenvalue weighted by atomic mass is 10.1. The van der Waals surface area contributed by atoms with Crippen LogP contribution in [0.25, 0.3) is 11.4 Å². The Kier molecular flexibility index (Phi) is 7.81. The van der Waals surface area contributed by atoms with Gasteiger partial charge in [-0.2, -0.15) is 33.1 Å². The smallest absolute Gasteiger partial charge is 0.383 e. The fourth-order valence-electron chi connectivity index (χ4n) is 3.83. The number of nitrogens with two attached hydrogens (primary N) is 1. The van der Waals surface area contributed by atoms with Crippen LogP contribution in [-0.4, -0.2) is 53.5 Å². The van der Waals surface area contributed by atoms with Crippen molar-refractivity contribution in [2.75, 3.05) is 42.9 Å². The molecule has 0 atom stereocenters. The first kappa shape index (κ1) is 26.2. The summed E-state index contributed by atoms with van der Waals surface area (Å²) in [6.07, 6.45) is -3.99. The highest BCUT2D eigenvalue weighted by atomic mass is 19.4. The number of hydrogen-bond acceptors (Lipinski definition) is 7. The molecule has 8 nitrogen and oxygen atoms in total. The lowest BCUT2D eigenvalue weighted by Crippen LogP contribution is -2.44. The molecule has 13 heteroatoms. The highest BCUT2D eigenvalue weighted by molar-refractivity contribution is 6.03. The van der Waals surface area contributed by atoms with Gasteiger partial charge in [0, 0.05) is 49.9 Å². The Morgan fingerprint density at radius 2 is 1.84 bits per heavy atom. The Morgan fingerprint density at radius 3 is 2.54 bits per heavy atom. The fraction of sp³-hybridized carbons (Fsp3) is 0.333. The Balaban J connectivity index is 1.85. The van der Waals surface area contributed by atoms with E-state index in [1.165, 1.54) is 18.2 Å². The number of piperazine rings is 1. The molecule has 0 unspecified atom stereocenters. The van der Waals surface area contributed by atoms with E-state index in [-0.39, 0.29) is 40.4 Å². The first-order valence-corrected chi connectivity index (χ1v) is 11.6. The third kappa shape index (κ3) is 6.10. The first-order chi connectivity index (χ1) is 17.7. The second-order valence-electron chi connectivity index (χ2n) is 8.27. The summed E-state index contributed by atoms with van der Waals surface area (Å²) in [6, 6.07) is 6.63. The van der Waals surface area contributed by atoms with Crippen LogP contribution in [0, 0.1) is 11.6 Å². The van der Waals surface area contributed by atoms with Crippen LogP contribution in [0.2, 0.25) is 0 Å². The van der Waals surface area contributed by atoms with Gasteiger partial charge in [-0.3, -0.25) is 0 Å². The fourth-order valence-corrected chi connectivity index (χ4v) is 3.83. The van der Waals surface area contributed by atoms with Gasteiger partial charge < -0.3 is 21.3 Å². The normalized spacial score (nSPS) is 14.6. The van der Waals surface area contributed by atoms with Crippen LogP contribution in [0.4, 0.5) is 39.5 Å². The Morgan fingerprint density at radius 1 is 1.11 bits per heavy atom. The standard InChI is InChI=1S/C24H25F5N8/c1-2-7-32-19-16(12-14(25)13-18(19)26)20(30)33-22-34-21(15-5-3-4-6-17(15)24(27,28)29)35-23(36-22)37-10-8-31-9-11-37/h3-6,12-13,31-32H,2,7-11H2,1H3,(H2,30,33,34,35,36). The number of alkyl halides is 3. The molecule has 2 heterocycles. The molecule has 1 aromatic heterocycles. The maximum absolute atomic E-state index is 14.5. The lowest BCUT2D eigenvalue weighted by molar-refractivity contribution is -0.137. The topological polar surface area (TPSA) is 104 Å². The minimum atomic E-state index is -4.65. The van der Waals surface area contributed by atoms with Crippen molar-refractivity contribution < 1.29 is 22.0 Å². The third-order valence-electron chi connectivity index (χ3n) is 5.59. The van der Waals surface area contributed by atoms with Crippen LogP contribution in [0.3, 0.4) is 0 Å². The SMILES string of the molecule is CCCNc1c(F)cc(F)cc1C(N)=Nc1nc(-c2ccccc2C(F)(F)F)nc(N2CCNCC2)n1. The van der Waals surface area contributed by atoms with E-state index in [2.05, 4.69) is 30.6 Å². The summed E-state index contributed by atoms with van der Waals surface area (Å²) in [5.41, 5.74) is 4.83. The van der Waals surface area contributed by atoms with Crippen molar-refractivity contribution in [3.63, 3.8) is 0 Å². The summed E-state index contributed by atoms with van der Waals surface area (Å²) in [5.74, 6) is -2.48. The van der Waals surface area contributed by atoms with Crippen LogP contribution in [0.1, 0.15) is 24.5 Å². The van der Waals surface area contributed by atoms with Gasteiger partial charge in [-0.25, -0.2) is 8.78 Å². The largest absolute Gasteiger partial charge is 0.417 e. The van der Waals surface area contributed by atoms with E-state index >= 15 is 0 Å². The van der Waals surface area contributed by atoms with Crippen molar-refractivity contribution >= 4 is 23.4 Å². The number of aromatic nitrogens is 3. The molecule has 37 heavy (non-hydrogen) atoms. The minimum Gasteiger partial charge on any atom is -0.383 e. The number of halogens is 5. The third-order valence-corrected chi connectivity index (χ3v) is 5.59. The van der Waals surface area contributed by atoms with Crippen LogP contribution < -0.4 is 21.3 Å².